The minimum atomic E-state index is 0.631. The standard InChI is InChI=1S/C10H17Cl2N/c1-3-5-10(4-2)13(8-6-11)9-7-12/h3-5H,6-9H2,1-2H3/b5-3-,10-4+. The summed E-state index contributed by atoms with van der Waals surface area (Å²) in [6.45, 7) is 5.71. The number of halogens is 2. The van der Waals surface area contributed by atoms with Crippen LogP contribution in [0.15, 0.2) is 23.9 Å². The van der Waals surface area contributed by atoms with E-state index in [4.69, 9.17) is 23.2 Å². The van der Waals surface area contributed by atoms with Crippen LogP contribution in [0.5, 0.6) is 0 Å². The molecule has 0 amide bonds. The van der Waals surface area contributed by atoms with Gasteiger partial charge >= 0.3 is 0 Å². The maximum absolute atomic E-state index is 5.70. The first-order chi connectivity index (χ1) is 6.29. The Morgan fingerprint density at radius 3 is 2.00 bits per heavy atom. The monoisotopic (exact) mass is 221 g/mol. The van der Waals surface area contributed by atoms with E-state index >= 15 is 0 Å². The van der Waals surface area contributed by atoms with Crippen molar-refractivity contribution in [1.82, 2.24) is 4.90 Å². The van der Waals surface area contributed by atoms with Crippen LogP contribution in [0.2, 0.25) is 0 Å². The van der Waals surface area contributed by atoms with Crippen LogP contribution in [0.4, 0.5) is 0 Å². The summed E-state index contributed by atoms with van der Waals surface area (Å²) in [6.07, 6.45) is 6.16. The van der Waals surface area contributed by atoms with E-state index in [1.807, 2.05) is 19.9 Å². The van der Waals surface area contributed by atoms with Crippen molar-refractivity contribution < 1.29 is 0 Å². The molecule has 0 N–H and O–H groups in total. The van der Waals surface area contributed by atoms with Gasteiger partial charge in [-0.25, -0.2) is 0 Å². The van der Waals surface area contributed by atoms with E-state index in [1.54, 1.807) is 0 Å². The Kier molecular flexibility index (Phi) is 8.37. The first-order valence-electron chi connectivity index (χ1n) is 4.46. The third kappa shape index (κ3) is 5.22. The van der Waals surface area contributed by atoms with Gasteiger partial charge in [-0.1, -0.05) is 12.2 Å². The molecule has 0 spiro atoms. The molecule has 3 heteroatoms. The van der Waals surface area contributed by atoms with Gasteiger partial charge in [-0.05, 0) is 19.9 Å². The van der Waals surface area contributed by atoms with Crippen LogP contribution < -0.4 is 0 Å². The Morgan fingerprint density at radius 2 is 1.69 bits per heavy atom. The van der Waals surface area contributed by atoms with E-state index in [2.05, 4.69) is 17.1 Å². The lowest BCUT2D eigenvalue weighted by Crippen LogP contribution is -2.26. The molecule has 0 saturated heterocycles. The van der Waals surface area contributed by atoms with Gasteiger partial charge in [0.25, 0.3) is 0 Å². The number of nitrogens with zero attached hydrogens (tertiary/aromatic N) is 1. The van der Waals surface area contributed by atoms with Gasteiger partial charge in [0.15, 0.2) is 0 Å². The van der Waals surface area contributed by atoms with Crippen LogP contribution in [0.1, 0.15) is 13.8 Å². The first-order valence-corrected chi connectivity index (χ1v) is 5.53. The van der Waals surface area contributed by atoms with Crippen molar-refractivity contribution in [2.24, 2.45) is 0 Å². The number of hydrogen-bond acceptors (Lipinski definition) is 1. The molecule has 0 heterocycles. The fourth-order valence-corrected chi connectivity index (χ4v) is 1.54. The van der Waals surface area contributed by atoms with Crippen LogP contribution in [0.25, 0.3) is 0 Å². The van der Waals surface area contributed by atoms with Gasteiger partial charge in [0.2, 0.25) is 0 Å². The summed E-state index contributed by atoms with van der Waals surface area (Å²) in [4.78, 5) is 2.18. The van der Waals surface area contributed by atoms with Crippen LogP contribution in [-0.2, 0) is 0 Å². The number of allylic oxidation sites excluding steroid dienone is 3. The maximum atomic E-state index is 5.70. The molecule has 0 radical (unpaired) electrons. The SMILES string of the molecule is C/C=C\C(=C/C)N(CCCl)CCCl. The Bertz CT molecular complexity index is 170. The minimum Gasteiger partial charge on any atom is -0.369 e. The summed E-state index contributed by atoms with van der Waals surface area (Å²) >= 11 is 11.4. The molecule has 0 aliphatic rings. The highest BCUT2D eigenvalue weighted by molar-refractivity contribution is 6.18. The average Bonchev–Trinajstić information content (AvgIpc) is 2.14. The molecule has 0 unspecified atom stereocenters. The third-order valence-electron chi connectivity index (χ3n) is 1.71. The summed E-state index contributed by atoms with van der Waals surface area (Å²) < 4.78 is 0. The topological polar surface area (TPSA) is 3.24 Å². The van der Waals surface area contributed by atoms with Crippen molar-refractivity contribution in [1.29, 1.82) is 0 Å². The second-order valence-electron chi connectivity index (χ2n) is 2.58. The van der Waals surface area contributed by atoms with Crippen LogP contribution >= 0.6 is 23.2 Å². The van der Waals surface area contributed by atoms with Crippen molar-refractivity contribution >= 4 is 23.2 Å². The zero-order chi connectivity index (χ0) is 10.1. The van der Waals surface area contributed by atoms with Crippen molar-refractivity contribution in [3.63, 3.8) is 0 Å². The molecule has 0 aromatic rings. The molecule has 13 heavy (non-hydrogen) atoms. The average molecular weight is 222 g/mol. The van der Waals surface area contributed by atoms with Crippen molar-refractivity contribution in [3.8, 4) is 0 Å². The van der Waals surface area contributed by atoms with E-state index < -0.39 is 0 Å². The molecule has 76 valence electrons. The van der Waals surface area contributed by atoms with Crippen molar-refractivity contribution in [3.05, 3.63) is 23.9 Å². The molecule has 0 aromatic carbocycles. The summed E-state index contributed by atoms with van der Waals surface area (Å²) in [6, 6.07) is 0. The Balaban J connectivity index is 4.30. The minimum absolute atomic E-state index is 0.631. The van der Waals surface area contributed by atoms with Gasteiger partial charge in [-0.3, -0.25) is 0 Å². The van der Waals surface area contributed by atoms with E-state index in [0.29, 0.717) is 11.8 Å². The van der Waals surface area contributed by atoms with E-state index in [0.717, 1.165) is 13.1 Å². The van der Waals surface area contributed by atoms with Crippen molar-refractivity contribution in [2.75, 3.05) is 24.8 Å². The highest BCUT2D eigenvalue weighted by Gasteiger charge is 2.03. The Morgan fingerprint density at radius 1 is 1.15 bits per heavy atom. The van der Waals surface area contributed by atoms with Crippen LogP contribution in [0, 0.1) is 0 Å². The van der Waals surface area contributed by atoms with Crippen LogP contribution in [0.3, 0.4) is 0 Å². The lowest BCUT2D eigenvalue weighted by Gasteiger charge is -2.23. The zero-order valence-corrected chi connectivity index (χ0v) is 9.78. The predicted octanol–water partition coefficient (Wildman–Crippen LogP) is 3.25. The molecule has 0 rings (SSSR count). The number of rotatable bonds is 6. The first kappa shape index (κ1) is 12.9. The fraction of sp³-hybridized carbons (Fsp3) is 0.600. The van der Waals surface area contributed by atoms with E-state index in [-0.39, 0.29) is 0 Å². The normalized spacial score (nSPS) is 12.5. The molecule has 0 atom stereocenters. The second kappa shape index (κ2) is 8.46. The van der Waals surface area contributed by atoms with Gasteiger partial charge in [-0.15, -0.1) is 23.2 Å². The summed E-state index contributed by atoms with van der Waals surface area (Å²) in [5.74, 6) is 1.26. The predicted molar refractivity (Wildman–Crippen MR) is 61.6 cm³/mol. The molecule has 0 aliphatic carbocycles. The quantitative estimate of drug-likeness (QED) is 0.492. The van der Waals surface area contributed by atoms with E-state index in [9.17, 15) is 0 Å². The third-order valence-corrected chi connectivity index (χ3v) is 2.05. The largest absolute Gasteiger partial charge is 0.369 e. The molecule has 0 saturated carbocycles. The lowest BCUT2D eigenvalue weighted by molar-refractivity contribution is 0.398. The molecule has 1 nitrogen and oxygen atoms in total. The maximum Gasteiger partial charge on any atom is 0.0399 e. The van der Waals surface area contributed by atoms with E-state index in [1.165, 1.54) is 5.70 Å². The summed E-state index contributed by atoms with van der Waals surface area (Å²) in [5.41, 5.74) is 1.18. The molecule has 0 fully saturated rings. The van der Waals surface area contributed by atoms with Crippen molar-refractivity contribution in [2.45, 2.75) is 13.8 Å². The van der Waals surface area contributed by atoms with Gasteiger partial charge in [0, 0.05) is 30.5 Å². The lowest BCUT2D eigenvalue weighted by atomic mass is 10.3. The molecule has 0 aromatic heterocycles. The second-order valence-corrected chi connectivity index (χ2v) is 3.33. The molecule has 0 bridgehead atoms. The van der Waals surface area contributed by atoms with Gasteiger partial charge in [0.1, 0.15) is 0 Å². The number of alkyl halides is 2. The summed E-state index contributed by atoms with van der Waals surface area (Å²) in [5, 5.41) is 0. The van der Waals surface area contributed by atoms with Crippen LogP contribution in [-0.4, -0.2) is 29.7 Å². The fourth-order valence-electron chi connectivity index (χ4n) is 1.13. The highest BCUT2D eigenvalue weighted by atomic mass is 35.5. The van der Waals surface area contributed by atoms with Gasteiger partial charge in [-0.2, -0.15) is 0 Å². The summed E-state index contributed by atoms with van der Waals surface area (Å²) in [7, 11) is 0. The Hall–Kier alpha value is -0.140. The molecular weight excluding hydrogens is 205 g/mol. The Labute approximate surface area is 91.0 Å². The zero-order valence-electron chi connectivity index (χ0n) is 8.26. The number of hydrogen-bond donors (Lipinski definition) is 0. The molecular formula is C10H17Cl2N. The smallest absolute Gasteiger partial charge is 0.0399 e. The van der Waals surface area contributed by atoms with Gasteiger partial charge in [0.05, 0.1) is 0 Å². The highest BCUT2D eigenvalue weighted by Crippen LogP contribution is 2.06. The van der Waals surface area contributed by atoms with Gasteiger partial charge < -0.3 is 4.90 Å². The molecule has 0 aliphatic heterocycles.